The van der Waals surface area contributed by atoms with E-state index in [2.05, 4.69) is 5.32 Å². The maximum absolute atomic E-state index is 13.9. The lowest BCUT2D eigenvalue weighted by atomic mass is 10.1. The molecule has 4 rings (SSSR count). The van der Waals surface area contributed by atoms with Crippen molar-refractivity contribution in [3.8, 4) is 0 Å². The number of hydrogen-bond acceptors (Lipinski definition) is 4. The Labute approximate surface area is 240 Å². The minimum Gasteiger partial charge on any atom is -0.352 e. The highest BCUT2D eigenvalue weighted by molar-refractivity contribution is 7.92. The van der Waals surface area contributed by atoms with Crippen LogP contribution in [0.5, 0.6) is 0 Å². The smallest absolute Gasteiger partial charge is 0.264 e. The van der Waals surface area contributed by atoms with E-state index in [4.69, 9.17) is 11.6 Å². The molecule has 1 saturated carbocycles. The summed E-state index contributed by atoms with van der Waals surface area (Å²) in [5.74, 6) is -1.42. The van der Waals surface area contributed by atoms with Gasteiger partial charge in [0.15, 0.2) is 0 Å². The largest absolute Gasteiger partial charge is 0.352 e. The van der Waals surface area contributed by atoms with Crippen molar-refractivity contribution in [2.24, 2.45) is 0 Å². The number of carbonyl (C=O) groups excluding carboxylic acids is 2. The van der Waals surface area contributed by atoms with E-state index in [0.29, 0.717) is 5.02 Å². The number of nitrogens with zero attached hydrogens (tertiary/aromatic N) is 2. The minimum atomic E-state index is -4.21. The highest BCUT2D eigenvalue weighted by Gasteiger charge is 2.33. The Bertz CT molecular complexity index is 1430. The lowest BCUT2D eigenvalue weighted by Gasteiger charge is -2.32. The van der Waals surface area contributed by atoms with Gasteiger partial charge in [-0.1, -0.05) is 54.3 Å². The molecule has 1 fully saturated rings. The molecule has 212 valence electrons. The number of aryl methyl sites for hydroxylation is 1. The van der Waals surface area contributed by atoms with Gasteiger partial charge in [0, 0.05) is 17.6 Å². The fourth-order valence-electron chi connectivity index (χ4n) is 4.73. The van der Waals surface area contributed by atoms with E-state index in [-0.39, 0.29) is 29.1 Å². The number of sulfonamides is 1. The van der Waals surface area contributed by atoms with Crippen LogP contribution < -0.4 is 9.62 Å². The molecule has 0 aliphatic heterocycles. The topological polar surface area (TPSA) is 86.8 Å². The van der Waals surface area contributed by atoms with E-state index >= 15 is 0 Å². The third-order valence-electron chi connectivity index (χ3n) is 7.14. The second-order valence-corrected chi connectivity index (χ2v) is 12.4. The van der Waals surface area contributed by atoms with E-state index in [0.717, 1.165) is 53.2 Å². The van der Waals surface area contributed by atoms with Crippen LogP contribution in [-0.2, 0) is 26.2 Å². The van der Waals surface area contributed by atoms with Crippen LogP contribution in [0.15, 0.2) is 77.7 Å². The number of halogens is 2. The molecule has 3 aromatic rings. The van der Waals surface area contributed by atoms with Gasteiger partial charge in [-0.05, 0) is 80.8 Å². The molecule has 1 N–H and O–H groups in total. The third kappa shape index (κ3) is 7.20. The maximum Gasteiger partial charge on any atom is 0.264 e. The van der Waals surface area contributed by atoms with Crippen molar-refractivity contribution < 1.29 is 22.4 Å². The molecule has 7 nitrogen and oxygen atoms in total. The highest BCUT2D eigenvalue weighted by Crippen LogP contribution is 2.26. The van der Waals surface area contributed by atoms with Gasteiger partial charge in [0.05, 0.1) is 10.6 Å². The van der Waals surface area contributed by atoms with E-state index < -0.39 is 34.3 Å². The number of hydrogen-bond donors (Lipinski definition) is 1. The monoisotopic (exact) mass is 585 g/mol. The van der Waals surface area contributed by atoms with Gasteiger partial charge in [-0.3, -0.25) is 13.9 Å². The van der Waals surface area contributed by atoms with Gasteiger partial charge in [0.25, 0.3) is 10.0 Å². The van der Waals surface area contributed by atoms with Gasteiger partial charge < -0.3 is 10.2 Å². The normalized spacial score (nSPS) is 14.5. The van der Waals surface area contributed by atoms with Crippen molar-refractivity contribution in [3.05, 3.63) is 94.8 Å². The Morgan fingerprint density at radius 1 is 0.975 bits per heavy atom. The fraction of sp³-hybridized carbons (Fsp3) is 0.333. The molecule has 3 aromatic carbocycles. The molecule has 1 atom stereocenters. The number of benzene rings is 3. The molecule has 0 spiro atoms. The van der Waals surface area contributed by atoms with Crippen LogP contribution in [0.2, 0.25) is 5.02 Å². The first kappa shape index (κ1) is 29.6. The quantitative estimate of drug-likeness (QED) is 0.342. The molecular weight excluding hydrogens is 553 g/mol. The average molecular weight is 586 g/mol. The molecule has 0 bridgehead atoms. The number of rotatable bonds is 10. The molecule has 10 heteroatoms. The summed E-state index contributed by atoms with van der Waals surface area (Å²) in [6.07, 6.45) is 3.85. The van der Waals surface area contributed by atoms with Crippen LogP contribution in [0.1, 0.15) is 43.7 Å². The van der Waals surface area contributed by atoms with E-state index in [9.17, 15) is 22.4 Å². The summed E-state index contributed by atoms with van der Waals surface area (Å²) in [4.78, 5) is 28.5. The van der Waals surface area contributed by atoms with Gasteiger partial charge in [0.1, 0.15) is 18.4 Å². The van der Waals surface area contributed by atoms with Crippen molar-refractivity contribution in [2.45, 2.75) is 63.1 Å². The van der Waals surface area contributed by atoms with Crippen LogP contribution in [0.25, 0.3) is 0 Å². The van der Waals surface area contributed by atoms with Gasteiger partial charge in [0.2, 0.25) is 11.8 Å². The Morgan fingerprint density at radius 2 is 1.57 bits per heavy atom. The molecule has 1 aliphatic carbocycles. The van der Waals surface area contributed by atoms with E-state index in [1.165, 1.54) is 29.2 Å². The third-order valence-corrected chi connectivity index (χ3v) is 9.18. The first-order valence-electron chi connectivity index (χ1n) is 13.2. The number of amides is 2. The zero-order chi connectivity index (χ0) is 28.9. The number of anilines is 1. The summed E-state index contributed by atoms with van der Waals surface area (Å²) in [6, 6.07) is 17.2. The van der Waals surface area contributed by atoms with Gasteiger partial charge in [-0.2, -0.15) is 0 Å². The Balaban J connectivity index is 1.67. The SMILES string of the molecule is Cc1ccc(S(=O)(=O)N(CC(=O)N(Cc2ccc(Cl)cc2)C(C)C(=O)NC2CCCC2)c2ccc(F)cc2)cc1. The minimum absolute atomic E-state index is 0.00787. The summed E-state index contributed by atoms with van der Waals surface area (Å²) in [7, 11) is -4.21. The molecule has 0 saturated heterocycles. The molecule has 0 radical (unpaired) electrons. The first-order valence-corrected chi connectivity index (χ1v) is 15.1. The van der Waals surface area contributed by atoms with Gasteiger partial charge in [-0.15, -0.1) is 0 Å². The Morgan fingerprint density at radius 3 is 2.17 bits per heavy atom. The van der Waals surface area contributed by atoms with Crippen LogP contribution >= 0.6 is 11.6 Å². The summed E-state index contributed by atoms with van der Waals surface area (Å²) in [5.41, 5.74) is 1.73. The maximum atomic E-state index is 13.9. The summed E-state index contributed by atoms with van der Waals surface area (Å²) < 4.78 is 42.3. The summed E-state index contributed by atoms with van der Waals surface area (Å²) in [5, 5.41) is 3.56. The first-order chi connectivity index (χ1) is 19.0. The van der Waals surface area contributed by atoms with Crippen molar-refractivity contribution >= 4 is 39.1 Å². The predicted octanol–water partition coefficient (Wildman–Crippen LogP) is 5.46. The van der Waals surface area contributed by atoms with Gasteiger partial charge >= 0.3 is 0 Å². The zero-order valence-electron chi connectivity index (χ0n) is 22.5. The molecule has 40 heavy (non-hydrogen) atoms. The van der Waals surface area contributed by atoms with Crippen molar-refractivity contribution in [1.29, 1.82) is 0 Å². The average Bonchev–Trinajstić information content (AvgIpc) is 3.44. The van der Waals surface area contributed by atoms with Crippen LogP contribution in [-0.4, -0.2) is 43.8 Å². The highest BCUT2D eigenvalue weighted by atomic mass is 35.5. The zero-order valence-corrected chi connectivity index (χ0v) is 24.1. The molecular formula is C30H33ClFN3O4S. The molecule has 2 amide bonds. The number of carbonyl (C=O) groups is 2. The molecule has 0 aromatic heterocycles. The molecule has 1 aliphatic rings. The van der Waals surface area contributed by atoms with Crippen LogP contribution in [0, 0.1) is 12.7 Å². The summed E-state index contributed by atoms with van der Waals surface area (Å²) >= 11 is 6.04. The standard InChI is InChI=1S/C30H33ClFN3O4S/c1-21-7-17-28(18-8-21)40(38,39)35(27-15-13-25(32)14-16-27)20-29(36)34(19-23-9-11-24(31)12-10-23)22(2)30(37)33-26-5-3-4-6-26/h7-18,22,26H,3-6,19-20H2,1-2H3,(H,33,37). The second kappa shape index (κ2) is 12.8. The van der Waals surface area contributed by atoms with E-state index in [1.54, 1.807) is 43.3 Å². The molecule has 1 unspecified atom stereocenters. The van der Waals surface area contributed by atoms with Crippen molar-refractivity contribution in [1.82, 2.24) is 10.2 Å². The lowest BCUT2D eigenvalue weighted by molar-refractivity contribution is -0.139. The Hall–Kier alpha value is -3.43. The fourth-order valence-corrected chi connectivity index (χ4v) is 6.27. The van der Waals surface area contributed by atoms with Gasteiger partial charge in [-0.25, -0.2) is 12.8 Å². The second-order valence-electron chi connectivity index (χ2n) is 10.1. The lowest BCUT2D eigenvalue weighted by Crippen LogP contribution is -2.52. The van der Waals surface area contributed by atoms with Crippen molar-refractivity contribution in [2.75, 3.05) is 10.8 Å². The van der Waals surface area contributed by atoms with E-state index in [1.807, 2.05) is 6.92 Å². The summed E-state index contributed by atoms with van der Waals surface area (Å²) in [6.45, 7) is 2.95. The Kier molecular flexibility index (Phi) is 9.48. The molecule has 0 heterocycles. The van der Waals surface area contributed by atoms with Crippen molar-refractivity contribution in [3.63, 3.8) is 0 Å². The van der Waals surface area contributed by atoms with Crippen LogP contribution in [0.3, 0.4) is 0 Å². The predicted molar refractivity (Wildman–Crippen MR) is 154 cm³/mol. The number of nitrogens with one attached hydrogen (secondary N) is 1. The van der Waals surface area contributed by atoms with Crippen LogP contribution in [0.4, 0.5) is 10.1 Å².